The van der Waals surface area contributed by atoms with Gasteiger partial charge in [-0.25, -0.2) is 9.78 Å². The van der Waals surface area contributed by atoms with Crippen LogP contribution in [0.15, 0.2) is 84.5 Å². The van der Waals surface area contributed by atoms with Crippen molar-refractivity contribution in [1.82, 2.24) is 20.2 Å². The fourth-order valence-corrected chi connectivity index (χ4v) is 5.69. The highest BCUT2D eigenvalue weighted by Gasteiger charge is 2.43. The van der Waals surface area contributed by atoms with Gasteiger partial charge in [-0.05, 0) is 61.1 Å². The molecule has 0 spiro atoms. The molecular formula is C31H29N5O4S. The summed E-state index contributed by atoms with van der Waals surface area (Å²) in [5, 5.41) is 8.18. The maximum absolute atomic E-state index is 13.5. The minimum absolute atomic E-state index is 0.0706. The van der Waals surface area contributed by atoms with Gasteiger partial charge in [-0.3, -0.25) is 19.5 Å². The lowest BCUT2D eigenvalue weighted by Crippen LogP contribution is -2.44. The molecule has 2 aliphatic rings. The summed E-state index contributed by atoms with van der Waals surface area (Å²) in [5.74, 6) is -0.384. The zero-order valence-electron chi connectivity index (χ0n) is 22.2. The molecule has 41 heavy (non-hydrogen) atoms. The number of pyridine rings is 1. The Morgan fingerprint density at radius 3 is 2.41 bits per heavy atom. The topological polar surface area (TPSA) is 114 Å². The highest BCUT2D eigenvalue weighted by atomic mass is 32.1. The van der Waals surface area contributed by atoms with Crippen molar-refractivity contribution in [2.75, 3.05) is 5.32 Å². The molecule has 1 saturated heterocycles. The Kier molecular flexibility index (Phi) is 7.73. The smallest absolute Gasteiger partial charge is 0.411 e. The van der Waals surface area contributed by atoms with Crippen LogP contribution in [0.3, 0.4) is 0 Å². The predicted molar refractivity (Wildman–Crippen MR) is 155 cm³/mol. The summed E-state index contributed by atoms with van der Waals surface area (Å²) < 4.78 is 5.66. The van der Waals surface area contributed by atoms with Gasteiger partial charge >= 0.3 is 6.09 Å². The number of benzene rings is 2. The van der Waals surface area contributed by atoms with Gasteiger partial charge in [0.2, 0.25) is 5.91 Å². The van der Waals surface area contributed by atoms with Crippen LogP contribution in [-0.4, -0.2) is 44.9 Å². The number of rotatable bonds is 8. The van der Waals surface area contributed by atoms with Crippen LogP contribution in [-0.2, 0) is 16.1 Å². The predicted octanol–water partition coefficient (Wildman–Crippen LogP) is 5.58. The van der Waals surface area contributed by atoms with Gasteiger partial charge in [-0.15, -0.1) is 11.3 Å². The first kappa shape index (κ1) is 26.6. The van der Waals surface area contributed by atoms with Crippen molar-refractivity contribution in [3.05, 3.63) is 101 Å². The second-order valence-electron chi connectivity index (χ2n) is 10.2. The van der Waals surface area contributed by atoms with E-state index in [9.17, 15) is 14.4 Å². The standard InChI is InChI=1S/C31H29N5O4S/c37-28(33-24-10-11-24)23-8-6-21(7-9-23)25-19-41-30(34-25)35-29(38)27-13-12-26(22-14-16-32-17-15-22)36(27)31(39)40-18-20-4-2-1-3-5-20/h1-9,14-17,19,24,26-27H,10-13,18H2,(H,33,37)(H,34,35,38)/t26-,27?/m1/s1. The molecule has 2 atom stereocenters. The van der Waals surface area contributed by atoms with Crippen LogP contribution in [0.5, 0.6) is 0 Å². The van der Waals surface area contributed by atoms with Crippen LogP contribution in [0.1, 0.15) is 53.2 Å². The zero-order chi connectivity index (χ0) is 28.2. The molecule has 6 rings (SSSR count). The molecule has 2 aromatic heterocycles. The lowest BCUT2D eigenvalue weighted by Gasteiger charge is -2.29. The molecule has 1 saturated carbocycles. The van der Waals surface area contributed by atoms with Crippen LogP contribution in [0.2, 0.25) is 0 Å². The van der Waals surface area contributed by atoms with Crippen molar-refractivity contribution in [1.29, 1.82) is 0 Å². The molecule has 1 unspecified atom stereocenters. The molecule has 9 nitrogen and oxygen atoms in total. The average molecular weight is 568 g/mol. The van der Waals surface area contributed by atoms with E-state index in [0.29, 0.717) is 35.3 Å². The first-order valence-electron chi connectivity index (χ1n) is 13.6. The Balaban J connectivity index is 1.14. The summed E-state index contributed by atoms with van der Waals surface area (Å²) in [4.78, 5) is 49.3. The minimum Gasteiger partial charge on any atom is -0.445 e. The van der Waals surface area contributed by atoms with E-state index in [1.807, 2.05) is 60.0 Å². The Labute approximate surface area is 241 Å². The van der Waals surface area contributed by atoms with Crippen molar-refractivity contribution in [3.8, 4) is 11.3 Å². The van der Waals surface area contributed by atoms with E-state index in [2.05, 4.69) is 20.6 Å². The van der Waals surface area contributed by atoms with E-state index in [1.165, 1.54) is 16.2 Å². The maximum atomic E-state index is 13.5. The van der Waals surface area contributed by atoms with Gasteiger partial charge in [0.25, 0.3) is 5.91 Å². The molecule has 2 fully saturated rings. The Morgan fingerprint density at radius 1 is 0.927 bits per heavy atom. The highest BCUT2D eigenvalue weighted by molar-refractivity contribution is 7.14. The molecule has 1 aliphatic heterocycles. The average Bonchev–Trinajstić information content (AvgIpc) is 3.51. The second kappa shape index (κ2) is 11.9. The third-order valence-electron chi connectivity index (χ3n) is 7.28. The first-order chi connectivity index (χ1) is 20.0. The number of anilines is 1. The number of hydrogen-bond donors (Lipinski definition) is 2. The van der Waals surface area contributed by atoms with Crippen molar-refractivity contribution >= 4 is 34.4 Å². The van der Waals surface area contributed by atoms with Crippen molar-refractivity contribution in [3.63, 3.8) is 0 Å². The normalized spacial score (nSPS) is 18.1. The first-order valence-corrected chi connectivity index (χ1v) is 14.5. The molecule has 1 aliphatic carbocycles. The Bertz CT molecular complexity index is 1520. The van der Waals surface area contributed by atoms with Crippen molar-refractivity contribution in [2.24, 2.45) is 0 Å². The number of ether oxygens (including phenoxy) is 1. The van der Waals surface area contributed by atoms with Gasteiger partial charge in [0, 0.05) is 34.9 Å². The number of nitrogens with zero attached hydrogens (tertiary/aromatic N) is 3. The van der Waals surface area contributed by atoms with E-state index in [1.54, 1.807) is 24.5 Å². The molecule has 3 amide bonds. The van der Waals surface area contributed by atoms with Gasteiger partial charge in [0.1, 0.15) is 12.6 Å². The lowest BCUT2D eigenvalue weighted by molar-refractivity contribution is -0.120. The summed E-state index contributed by atoms with van der Waals surface area (Å²) >= 11 is 1.31. The van der Waals surface area contributed by atoms with Gasteiger partial charge in [-0.2, -0.15) is 0 Å². The molecule has 0 radical (unpaired) electrons. The van der Waals surface area contributed by atoms with Crippen LogP contribution in [0.25, 0.3) is 11.3 Å². The van der Waals surface area contributed by atoms with Crippen LogP contribution < -0.4 is 10.6 Å². The third kappa shape index (κ3) is 6.28. The van der Waals surface area contributed by atoms with E-state index in [0.717, 1.165) is 29.5 Å². The Morgan fingerprint density at radius 2 is 1.68 bits per heavy atom. The monoisotopic (exact) mass is 567 g/mol. The van der Waals surface area contributed by atoms with E-state index >= 15 is 0 Å². The lowest BCUT2D eigenvalue weighted by atomic mass is 10.1. The van der Waals surface area contributed by atoms with Crippen molar-refractivity contribution < 1.29 is 19.1 Å². The molecule has 3 heterocycles. The quantitative estimate of drug-likeness (QED) is 0.288. The molecule has 208 valence electrons. The van der Waals surface area contributed by atoms with Crippen molar-refractivity contribution in [2.45, 2.75) is 50.4 Å². The number of likely N-dealkylation sites (tertiary alicyclic amines) is 1. The van der Waals surface area contributed by atoms with Gasteiger partial charge < -0.3 is 15.4 Å². The number of nitrogens with one attached hydrogen (secondary N) is 2. The fraction of sp³-hybridized carbons (Fsp3) is 0.258. The number of thiazole rings is 1. The van der Waals surface area contributed by atoms with Crippen LogP contribution >= 0.6 is 11.3 Å². The molecule has 2 aromatic carbocycles. The third-order valence-corrected chi connectivity index (χ3v) is 8.04. The summed E-state index contributed by atoms with van der Waals surface area (Å²) in [7, 11) is 0. The molecule has 0 bridgehead atoms. The maximum Gasteiger partial charge on any atom is 0.411 e. The van der Waals surface area contributed by atoms with Gasteiger partial charge in [0.15, 0.2) is 5.13 Å². The minimum atomic E-state index is -0.715. The molecule has 10 heteroatoms. The number of hydrogen-bond acceptors (Lipinski definition) is 7. The zero-order valence-corrected chi connectivity index (χ0v) is 23.0. The van der Waals surface area contributed by atoms with Crippen LogP contribution in [0, 0.1) is 0 Å². The number of amides is 3. The summed E-state index contributed by atoms with van der Waals surface area (Å²) in [6.45, 7) is 0.116. The SMILES string of the molecule is O=C(NC1CC1)c1ccc(-c2csc(NC(=O)C3CC[C@H](c4ccncc4)N3C(=O)OCc3ccccc3)n2)cc1. The molecular weight excluding hydrogens is 538 g/mol. The van der Waals surface area contributed by atoms with E-state index in [4.69, 9.17) is 4.74 Å². The van der Waals surface area contributed by atoms with E-state index < -0.39 is 12.1 Å². The van der Waals surface area contributed by atoms with E-state index in [-0.39, 0.29) is 24.5 Å². The summed E-state index contributed by atoms with van der Waals surface area (Å²) in [6.07, 6.45) is 6.00. The summed E-state index contributed by atoms with van der Waals surface area (Å²) in [6, 6.07) is 19.7. The summed E-state index contributed by atoms with van der Waals surface area (Å²) in [5.41, 5.74) is 3.91. The van der Waals surface area contributed by atoms with Gasteiger partial charge in [0.05, 0.1) is 11.7 Å². The fourth-order valence-electron chi connectivity index (χ4n) is 4.97. The number of carbonyl (C=O) groups is 3. The Hall–Kier alpha value is -4.57. The second-order valence-corrected chi connectivity index (χ2v) is 11.0. The van der Waals surface area contributed by atoms with Crippen LogP contribution in [0.4, 0.5) is 9.93 Å². The molecule has 4 aromatic rings. The van der Waals surface area contributed by atoms with Gasteiger partial charge in [-0.1, -0.05) is 42.5 Å². The molecule has 2 N–H and O–H groups in total. The number of carbonyl (C=O) groups excluding carboxylic acids is 3. The largest absolute Gasteiger partial charge is 0.445 e. The number of aromatic nitrogens is 2. The highest BCUT2D eigenvalue weighted by Crippen LogP contribution is 2.37.